The SMILES string of the molecule is CCCC(=O)Nc1ccc(NC(=O)[C@@H]2C[C@@H](C)NC(=S)N2)cc1OC. The average molecular weight is 364 g/mol. The Balaban J connectivity index is 2.05. The summed E-state index contributed by atoms with van der Waals surface area (Å²) in [5.41, 5.74) is 1.17. The minimum atomic E-state index is -0.390. The highest BCUT2D eigenvalue weighted by Crippen LogP contribution is 2.28. The highest BCUT2D eigenvalue weighted by molar-refractivity contribution is 7.80. The van der Waals surface area contributed by atoms with E-state index in [1.807, 2.05) is 13.8 Å². The zero-order chi connectivity index (χ0) is 18.4. The fourth-order valence-electron chi connectivity index (χ4n) is 2.61. The molecule has 2 rings (SSSR count). The van der Waals surface area contributed by atoms with E-state index in [0.29, 0.717) is 35.1 Å². The first kappa shape index (κ1) is 19.0. The molecule has 1 saturated heterocycles. The number of ether oxygens (including phenoxy) is 1. The molecular weight excluding hydrogens is 340 g/mol. The third-order valence-electron chi connectivity index (χ3n) is 3.81. The van der Waals surface area contributed by atoms with Crippen LogP contribution in [0.2, 0.25) is 0 Å². The number of carbonyl (C=O) groups is 2. The second-order valence-corrected chi connectivity index (χ2v) is 6.42. The van der Waals surface area contributed by atoms with Crippen LogP contribution >= 0.6 is 12.2 Å². The monoisotopic (exact) mass is 364 g/mol. The van der Waals surface area contributed by atoms with Crippen molar-refractivity contribution in [2.24, 2.45) is 0 Å². The third kappa shape index (κ3) is 5.32. The predicted molar refractivity (Wildman–Crippen MR) is 102 cm³/mol. The van der Waals surface area contributed by atoms with E-state index in [-0.39, 0.29) is 17.9 Å². The van der Waals surface area contributed by atoms with Crippen molar-refractivity contribution < 1.29 is 14.3 Å². The second kappa shape index (κ2) is 8.66. The van der Waals surface area contributed by atoms with Crippen LogP contribution in [0.1, 0.15) is 33.1 Å². The molecule has 0 bridgehead atoms. The molecule has 0 spiro atoms. The zero-order valence-electron chi connectivity index (χ0n) is 14.6. The fraction of sp³-hybridized carbons (Fsp3) is 0.471. The number of benzene rings is 1. The van der Waals surface area contributed by atoms with E-state index < -0.39 is 6.04 Å². The van der Waals surface area contributed by atoms with Crippen molar-refractivity contribution in [2.45, 2.75) is 45.2 Å². The Bertz CT molecular complexity index is 665. The van der Waals surface area contributed by atoms with Crippen LogP contribution in [0.3, 0.4) is 0 Å². The Labute approximate surface area is 152 Å². The Morgan fingerprint density at radius 3 is 2.72 bits per heavy atom. The highest BCUT2D eigenvalue weighted by atomic mass is 32.1. The molecule has 7 nitrogen and oxygen atoms in total. The van der Waals surface area contributed by atoms with Gasteiger partial charge < -0.3 is 26.0 Å². The van der Waals surface area contributed by atoms with Crippen LogP contribution < -0.4 is 26.0 Å². The predicted octanol–water partition coefficient (Wildman–Crippen LogP) is 2.00. The van der Waals surface area contributed by atoms with Crippen LogP contribution in [0, 0.1) is 0 Å². The van der Waals surface area contributed by atoms with Crippen molar-refractivity contribution >= 4 is 40.5 Å². The van der Waals surface area contributed by atoms with E-state index in [9.17, 15) is 9.59 Å². The minimum Gasteiger partial charge on any atom is -0.494 e. The van der Waals surface area contributed by atoms with E-state index in [1.165, 1.54) is 7.11 Å². The maximum atomic E-state index is 12.4. The number of methoxy groups -OCH3 is 1. The van der Waals surface area contributed by atoms with Gasteiger partial charge in [0.1, 0.15) is 11.8 Å². The van der Waals surface area contributed by atoms with Gasteiger partial charge in [-0.15, -0.1) is 0 Å². The Morgan fingerprint density at radius 1 is 1.32 bits per heavy atom. The lowest BCUT2D eigenvalue weighted by atomic mass is 10.1. The molecule has 0 aromatic heterocycles. The van der Waals surface area contributed by atoms with E-state index in [0.717, 1.165) is 6.42 Å². The average Bonchev–Trinajstić information content (AvgIpc) is 2.55. The van der Waals surface area contributed by atoms with Gasteiger partial charge in [-0.2, -0.15) is 0 Å². The maximum Gasteiger partial charge on any atom is 0.247 e. The minimum absolute atomic E-state index is 0.0704. The highest BCUT2D eigenvalue weighted by Gasteiger charge is 2.26. The summed E-state index contributed by atoms with van der Waals surface area (Å²) in [5, 5.41) is 12.2. The number of hydrogen-bond donors (Lipinski definition) is 4. The van der Waals surface area contributed by atoms with Gasteiger partial charge in [0.2, 0.25) is 11.8 Å². The summed E-state index contributed by atoms with van der Waals surface area (Å²) in [6.45, 7) is 3.92. The van der Waals surface area contributed by atoms with Crippen molar-refractivity contribution in [1.82, 2.24) is 10.6 Å². The van der Waals surface area contributed by atoms with E-state index in [2.05, 4.69) is 21.3 Å². The Hall–Kier alpha value is -2.35. The number of anilines is 2. The van der Waals surface area contributed by atoms with Gasteiger partial charge in [-0.25, -0.2) is 0 Å². The first-order valence-electron chi connectivity index (χ1n) is 8.28. The van der Waals surface area contributed by atoms with Gasteiger partial charge in [-0.3, -0.25) is 9.59 Å². The van der Waals surface area contributed by atoms with Crippen molar-refractivity contribution in [3.8, 4) is 5.75 Å². The maximum absolute atomic E-state index is 12.4. The fourth-order valence-corrected chi connectivity index (χ4v) is 2.95. The molecule has 0 aliphatic carbocycles. The van der Waals surface area contributed by atoms with Crippen LogP contribution in [-0.4, -0.2) is 36.1 Å². The molecule has 136 valence electrons. The van der Waals surface area contributed by atoms with Crippen LogP contribution in [0.5, 0.6) is 5.75 Å². The standard InChI is InChI=1S/C17H24N4O3S/c1-4-5-15(22)20-12-7-6-11(9-14(12)24-3)19-16(23)13-8-10(2)18-17(25)21-13/h6-7,9-10,13H,4-5,8H2,1-3H3,(H,19,23)(H,20,22)(H2,18,21,25)/t10-,13+/m1/s1. The van der Waals surface area contributed by atoms with E-state index in [1.54, 1.807) is 18.2 Å². The Kier molecular flexibility index (Phi) is 6.58. The van der Waals surface area contributed by atoms with E-state index in [4.69, 9.17) is 17.0 Å². The number of rotatable bonds is 6. The summed E-state index contributed by atoms with van der Waals surface area (Å²) < 4.78 is 5.31. The number of thiocarbonyl (C=S) groups is 1. The van der Waals surface area contributed by atoms with Gasteiger partial charge in [-0.05, 0) is 44.1 Å². The largest absolute Gasteiger partial charge is 0.494 e. The molecule has 0 saturated carbocycles. The summed E-state index contributed by atoms with van der Waals surface area (Å²) in [6.07, 6.45) is 1.85. The molecular formula is C17H24N4O3S. The molecule has 1 fully saturated rings. The van der Waals surface area contributed by atoms with E-state index >= 15 is 0 Å². The first-order valence-corrected chi connectivity index (χ1v) is 8.69. The Morgan fingerprint density at radius 2 is 2.08 bits per heavy atom. The lowest BCUT2D eigenvalue weighted by molar-refractivity contribution is -0.118. The summed E-state index contributed by atoms with van der Waals surface area (Å²) in [7, 11) is 1.52. The molecule has 0 radical (unpaired) electrons. The van der Waals surface area contributed by atoms with Crippen molar-refractivity contribution in [3.63, 3.8) is 0 Å². The van der Waals surface area contributed by atoms with Gasteiger partial charge in [0, 0.05) is 24.2 Å². The van der Waals surface area contributed by atoms with Crippen LogP contribution in [-0.2, 0) is 9.59 Å². The summed E-state index contributed by atoms with van der Waals surface area (Å²) in [5.74, 6) is 0.254. The van der Waals surface area contributed by atoms with Crippen LogP contribution in [0.25, 0.3) is 0 Å². The van der Waals surface area contributed by atoms with Crippen LogP contribution in [0.4, 0.5) is 11.4 Å². The molecule has 1 aromatic rings. The number of nitrogens with one attached hydrogen (secondary N) is 4. The number of hydrogen-bond acceptors (Lipinski definition) is 4. The first-order chi connectivity index (χ1) is 11.9. The molecule has 1 aliphatic rings. The molecule has 2 atom stereocenters. The summed E-state index contributed by atoms with van der Waals surface area (Å²) in [6, 6.07) is 4.87. The lowest BCUT2D eigenvalue weighted by Gasteiger charge is -2.30. The molecule has 2 amide bonds. The second-order valence-electron chi connectivity index (χ2n) is 6.01. The van der Waals surface area contributed by atoms with Crippen molar-refractivity contribution in [2.75, 3.05) is 17.7 Å². The number of amides is 2. The van der Waals surface area contributed by atoms with Crippen molar-refractivity contribution in [3.05, 3.63) is 18.2 Å². The van der Waals surface area contributed by atoms with Gasteiger partial charge in [0.25, 0.3) is 0 Å². The van der Waals surface area contributed by atoms with Gasteiger partial charge in [0.15, 0.2) is 5.11 Å². The number of carbonyl (C=O) groups excluding carboxylic acids is 2. The van der Waals surface area contributed by atoms with Crippen LogP contribution in [0.15, 0.2) is 18.2 Å². The molecule has 1 heterocycles. The molecule has 1 aliphatic heterocycles. The normalized spacial score (nSPS) is 19.4. The van der Waals surface area contributed by atoms with Gasteiger partial charge in [0.05, 0.1) is 12.8 Å². The quantitative estimate of drug-likeness (QED) is 0.577. The third-order valence-corrected chi connectivity index (χ3v) is 4.04. The molecule has 8 heteroatoms. The molecule has 4 N–H and O–H groups in total. The summed E-state index contributed by atoms with van der Waals surface area (Å²) >= 11 is 5.10. The van der Waals surface area contributed by atoms with Gasteiger partial charge in [-0.1, -0.05) is 6.92 Å². The smallest absolute Gasteiger partial charge is 0.247 e. The molecule has 0 unspecified atom stereocenters. The lowest BCUT2D eigenvalue weighted by Crippen LogP contribution is -2.57. The summed E-state index contributed by atoms with van der Waals surface area (Å²) in [4.78, 5) is 24.2. The topological polar surface area (TPSA) is 91.5 Å². The van der Waals surface area contributed by atoms with Gasteiger partial charge >= 0.3 is 0 Å². The van der Waals surface area contributed by atoms with Crippen molar-refractivity contribution in [1.29, 1.82) is 0 Å². The zero-order valence-corrected chi connectivity index (χ0v) is 15.5. The molecule has 25 heavy (non-hydrogen) atoms. The molecule has 1 aromatic carbocycles.